The Labute approximate surface area is 105 Å². The number of halogens is 1. The van der Waals surface area contributed by atoms with Crippen molar-refractivity contribution in [3.05, 3.63) is 64.7 Å². The molecule has 1 aromatic heterocycles. The van der Waals surface area contributed by atoms with E-state index in [1.54, 1.807) is 18.2 Å². The molecular weight excluding hydrogens is 229 g/mol. The van der Waals surface area contributed by atoms with E-state index in [1.807, 2.05) is 19.9 Å². The van der Waals surface area contributed by atoms with Gasteiger partial charge in [-0.25, -0.2) is 4.39 Å². The Bertz CT molecular complexity index is 593. The number of aromatic nitrogens is 1. The van der Waals surface area contributed by atoms with Crippen LogP contribution in [0.15, 0.2) is 36.4 Å². The van der Waals surface area contributed by atoms with E-state index < -0.39 is 0 Å². The number of hydrogen-bond acceptors (Lipinski definition) is 2. The molecule has 0 saturated heterocycles. The second-order valence-electron chi connectivity index (χ2n) is 4.33. The largest absolute Gasteiger partial charge is 0.292 e. The van der Waals surface area contributed by atoms with Crippen molar-refractivity contribution in [1.29, 1.82) is 0 Å². The van der Waals surface area contributed by atoms with E-state index in [1.165, 1.54) is 12.1 Å². The number of aryl methyl sites for hydroxylation is 2. The number of nitrogens with zero attached hydrogens (tertiary/aromatic N) is 1. The quantitative estimate of drug-likeness (QED) is 0.774. The highest BCUT2D eigenvalue weighted by Gasteiger charge is 2.10. The van der Waals surface area contributed by atoms with Gasteiger partial charge in [-0.05, 0) is 49.2 Å². The summed E-state index contributed by atoms with van der Waals surface area (Å²) >= 11 is 0. The van der Waals surface area contributed by atoms with Gasteiger partial charge >= 0.3 is 0 Å². The van der Waals surface area contributed by atoms with Crippen LogP contribution in [-0.2, 0) is 6.42 Å². The summed E-state index contributed by atoms with van der Waals surface area (Å²) in [5, 5.41) is 0. The van der Waals surface area contributed by atoms with Crippen LogP contribution < -0.4 is 0 Å². The van der Waals surface area contributed by atoms with Gasteiger partial charge in [-0.15, -0.1) is 0 Å². The van der Waals surface area contributed by atoms with Gasteiger partial charge in [0.15, 0.2) is 5.78 Å². The highest BCUT2D eigenvalue weighted by Crippen LogP contribution is 2.13. The molecule has 2 aromatic rings. The number of benzene rings is 1. The van der Waals surface area contributed by atoms with Crippen LogP contribution in [0.5, 0.6) is 0 Å². The maximum Gasteiger partial charge on any atom is 0.185 e. The van der Waals surface area contributed by atoms with Gasteiger partial charge in [0, 0.05) is 12.1 Å². The van der Waals surface area contributed by atoms with Crippen LogP contribution in [0.3, 0.4) is 0 Å². The minimum absolute atomic E-state index is 0.0904. The number of pyridine rings is 1. The first kappa shape index (κ1) is 12.4. The molecule has 0 aliphatic rings. The van der Waals surface area contributed by atoms with Gasteiger partial charge in [0.25, 0.3) is 0 Å². The maximum absolute atomic E-state index is 13.1. The van der Waals surface area contributed by atoms with E-state index in [9.17, 15) is 9.18 Å². The lowest BCUT2D eigenvalue weighted by Gasteiger charge is -2.05. The molecule has 1 aromatic carbocycles. The first-order chi connectivity index (χ1) is 8.56. The normalized spacial score (nSPS) is 10.4. The fourth-order valence-electron chi connectivity index (χ4n) is 1.79. The molecule has 0 amide bonds. The van der Waals surface area contributed by atoms with Crippen molar-refractivity contribution in [2.45, 2.75) is 20.3 Å². The molecule has 0 fully saturated rings. The summed E-state index contributed by atoms with van der Waals surface area (Å²) in [6.45, 7) is 3.70. The standard InChI is InChI=1S/C15H14FNO/c1-10-6-7-13(16)8-12(10)9-15(18)14-5-3-4-11(2)17-14/h3-8H,9H2,1-2H3. The van der Waals surface area contributed by atoms with Gasteiger partial charge in [0.1, 0.15) is 11.5 Å². The molecule has 0 unspecified atom stereocenters. The lowest BCUT2D eigenvalue weighted by Crippen LogP contribution is -2.07. The van der Waals surface area contributed by atoms with Crippen LogP contribution in [0.25, 0.3) is 0 Å². The molecular formula is C15H14FNO. The lowest BCUT2D eigenvalue weighted by atomic mass is 10.0. The topological polar surface area (TPSA) is 30.0 Å². The first-order valence-corrected chi connectivity index (χ1v) is 5.78. The Kier molecular flexibility index (Phi) is 3.51. The average Bonchev–Trinajstić information content (AvgIpc) is 2.34. The van der Waals surface area contributed by atoms with Crippen molar-refractivity contribution in [2.75, 3.05) is 0 Å². The molecule has 3 heteroatoms. The molecule has 2 rings (SSSR count). The second kappa shape index (κ2) is 5.08. The molecule has 1 heterocycles. The van der Waals surface area contributed by atoms with Crippen molar-refractivity contribution in [2.24, 2.45) is 0 Å². The molecule has 0 aliphatic heterocycles. The Morgan fingerprint density at radius 3 is 2.72 bits per heavy atom. The van der Waals surface area contributed by atoms with Gasteiger partial charge < -0.3 is 0 Å². The van der Waals surface area contributed by atoms with Gasteiger partial charge in [0.2, 0.25) is 0 Å². The Hall–Kier alpha value is -2.03. The zero-order chi connectivity index (χ0) is 13.1. The van der Waals surface area contributed by atoms with E-state index in [2.05, 4.69) is 4.98 Å². The van der Waals surface area contributed by atoms with Crippen LogP contribution in [0.4, 0.5) is 4.39 Å². The summed E-state index contributed by atoms with van der Waals surface area (Å²) in [5.41, 5.74) is 2.86. The predicted octanol–water partition coefficient (Wildman–Crippen LogP) is 3.26. The van der Waals surface area contributed by atoms with Crippen LogP contribution in [0.1, 0.15) is 27.3 Å². The fraction of sp³-hybridized carbons (Fsp3) is 0.200. The summed E-state index contributed by atoms with van der Waals surface area (Å²) in [6, 6.07) is 9.81. The van der Waals surface area contributed by atoms with Crippen LogP contribution in [0.2, 0.25) is 0 Å². The predicted molar refractivity (Wildman–Crippen MR) is 68.1 cm³/mol. The maximum atomic E-state index is 13.1. The van der Waals surface area contributed by atoms with E-state index >= 15 is 0 Å². The first-order valence-electron chi connectivity index (χ1n) is 5.78. The molecule has 0 atom stereocenters. The number of hydrogen-bond donors (Lipinski definition) is 0. The third-order valence-electron chi connectivity index (χ3n) is 2.84. The van der Waals surface area contributed by atoms with E-state index in [4.69, 9.17) is 0 Å². The molecule has 2 nitrogen and oxygen atoms in total. The Morgan fingerprint density at radius 1 is 1.22 bits per heavy atom. The smallest absolute Gasteiger partial charge is 0.185 e. The number of Topliss-reactive ketones (excluding diaryl/α,β-unsaturated/α-hetero) is 1. The minimum atomic E-state index is -0.319. The number of rotatable bonds is 3. The minimum Gasteiger partial charge on any atom is -0.292 e. The Morgan fingerprint density at radius 2 is 2.00 bits per heavy atom. The van der Waals surface area contributed by atoms with Crippen LogP contribution in [0, 0.1) is 19.7 Å². The third kappa shape index (κ3) is 2.80. The van der Waals surface area contributed by atoms with E-state index in [0.29, 0.717) is 11.3 Å². The van der Waals surface area contributed by atoms with Gasteiger partial charge in [-0.1, -0.05) is 12.1 Å². The van der Waals surface area contributed by atoms with Crippen molar-refractivity contribution in [3.8, 4) is 0 Å². The van der Waals surface area contributed by atoms with Crippen molar-refractivity contribution in [3.63, 3.8) is 0 Å². The van der Waals surface area contributed by atoms with Crippen molar-refractivity contribution >= 4 is 5.78 Å². The van der Waals surface area contributed by atoms with Crippen LogP contribution in [-0.4, -0.2) is 10.8 Å². The second-order valence-corrected chi connectivity index (χ2v) is 4.33. The zero-order valence-corrected chi connectivity index (χ0v) is 10.4. The van der Waals surface area contributed by atoms with E-state index in [0.717, 1.165) is 11.3 Å². The number of carbonyl (C=O) groups excluding carboxylic acids is 1. The number of ketones is 1. The van der Waals surface area contributed by atoms with Gasteiger partial charge in [0.05, 0.1) is 0 Å². The summed E-state index contributed by atoms with van der Waals surface area (Å²) in [6.07, 6.45) is 0.181. The highest BCUT2D eigenvalue weighted by molar-refractivity contribution is 5.95. The molecule has 0 spiro atoms. The SMILES string of the molecule is Cc1cccc(C(=O)Cc2cc(F)ccc2C)n1. The summed E-state index contributed by atoms with van der Waals surface area (Å²) in [4.78, 5) is 16.2. The summed E-state index contributed by atoms with van der Waals surface area (Å²) in [7, 11) is 0. The average molecular weight is 243 g/mol. The van der Waals surface area contributed by atoms with Crippen molar-refractivity contribution < 1.29 is 9.18 Å². The van der Waals surface area contributed by atoms with Gasteiger partial charge in [-0.2, -0.15) is 0 Å². The molecule has 0 saturated carbocycles. The molecule has 0 radical (unpaired) electrons. The Balaban J connectivity index is 2.24. The molecule has 92 valence electrons. The summed E-state index contributed by atoms with van der Waals surface area (Å²) < 4.78 is 13.1. The number of carbonyl (C=O) groups is 1. The molecule has 18 heavy (non-hydrogen) atoms. The third-order valence-corrected chi connectivity index (χ3v) is 2.84. The fourth-order valence-corrected chi connectivity index (χ4v) is 1.79. The van der Waals surface area contributed by atoms with Gasteiger partial charge in [-0.3, -0.25) is 9.78 Å². The molecule has 0 aliphatic carbocycles. The van der Waals surface area contributed by atoms with E-state index in [-0.39, 0.29) is 18.0 Å². The van der Waals surface area contributed by atoms with Crippen molar-refractivity contribution in [1.82, 2.24) is 4.98 Å². The van der Waals surface area contributed by atoms with Crippen LogP contribution >= 0.6 is 0 Å². The lowest BCUT2D eigenvalue weighted by molar-refractivity contribution is 0.0988. The monoisotopic (exact) mass is 243 g/mol. The molecule has 0 bridgehead atoms. The molecule has 0 N–H and O–H groups in total. The summed E-state index contributed by atoms with van der Waals surface area (Å²) in [5.74, 6) is -0.409. The zero-order valence-electron chi connectivity index (χ0n) is 10.4. The highest BCUT2D eigenvalue weighted by atomic mass is 19.1.